The van der Waals surface area contributed by atoms with Crippen molar-refractivity contribution in [2.24, 2.45) is 5.73 Å². The average molecular weight is 297 g/mol. The standard InChI is InChI=1S/C11H13BrN4O/c1-2-4-8(13)11-15-10(16-17-11)9-7(12)5-3-6-14-9/h3,5-6,8H,2,4,13H2,1H3/t8-/m0/s1. The Hall–Kier alpha value is -1.27. The first-order valence-electron chi connectivity index (χ1n) is 5.42. The van der Waals surface area contributed by atoms with Crippen molar-refractivity contribution in [2.45, 2.75) is 25.8 Å². The molecule has 2 rings (SSSR count). The normalized spacial score (nSPS) is 12.6. The zero-order chi connectivity index (χ0) is 12.3. The van der Waals surface area contributed by atoms with Gasteiger partial charge in [0.15, 0.2) is 0 Å². The minimum Gasteiger partial charge on any atom is -0.337 e. The molecule has 0 aliphatic heterocycles. The van der Waals surface area contributed by atoms with Crippen LogP contribution in [0.5, 0.6) is 0 Å². The fraction of sp³-hybridized carbons (Fsp3) is 0.364. The van der Waals surface area contributed by atoms with E-state index >= 15 is 0 Å². The SMILES string of the molecule is CCC[C@H](N)c1nc(-c2ncccc2Br)no1. The van der Waals surface area contributed by atoms with E-state index in [1.54, 1.807) is 6.20 Å². The Morgan fingerprint density at radius 3 is 3.06 bits per heavy atom. The van der Waals surface area contributed by atoms with E-state index in [9.17, 15) is 0 Å². The number of nitrogens with zero attached hydrogens (tertiary/aromatic N) is 3. The van der Waals surface area contributed by atoms with E-state index < -0.39 is 0 Å². The van der Waals surface area contributed by atoms with Gasteiger partial charge in [0.2, 0.25) is 11.7 Å². The molecule has 90 valence electrons. The number of hydrogen-bond donors (Lipinski definition) is 1. The number of nitrogens with two attached hydrogens (primary N) is 1. The molecule has 0 saturated heterocycles. The van der Waals surface area contributed by atoms with Gasteiger partial charge in [0.1, 0.15) is 5.69 Å². The summed E-state index contributed by atoms with van der Waals surface area (Å²) in [6, 6.07) is 3.51. The minimum absolute atomic E-state index is 0.205. The molecule has 0 unspecified atom stereocenters. The third kappa shape index (κ3) is 2.70. The maximum Gasteiger partial charge on any atom is 0.243 e. The van der Waals surface area contributed by atoms with Gasteiger partial charge < -0.3 is 10.3 Å². The smallest absolute Gasteiger partial charge is 0.243 e. The second-order valence-electron chi connectivity index (χ2n) is 3.69. The number of pyridine rings is 1. The van der Waals surface area contributed by atoms with Crippen LogP contribution in [0.3, 0.4) is 0 Å². The molecule has 0 saturated carbocycles. The maximum atomic E-state index is 5.91. The molecule has 0 aliphatic carbocycles. The molecule has 0 aromatic carbocycles. The number of rotatable bonds is 4. The summed E-state index contributed by atoms with van der Waals surface area (Å²) < 4.78 is 5.97. The number of aromatic nitrogens is 3. The second kappa shape index (κ2) is 5.37. The van der Waals surface area contributed by atoms with Crippen LogP contribution in [0.15, 0.2) is 27.3 Å². The van der Waals surface area contributed by atoms with Crippen LogP contribution in [0.1, 0.15) is 31.7 Å². The molecule has 2 heterocycles. The molecule has 5 nitrogen and oxygen atoms in total. The van der Waals surface area contributed by atoms with Crippen LogP contribution in [0.25, 0.3) is 11.5 Å². The zero-order valence-corrected chi connectivity index (χ0v) is 11.0. The highest BCUT2D eigenvalue weighted by Gasteiger charge is 2.16. The molecule has 0 fully saturated rings. The molecular formula is C11H13BrN4O. The predicted molar refractivity (Wildman–Crippen MR) is 67.1 cm³/mol. The molecule has 2 aromatic heterocycles. The van der Waals surface area contributed by atoms with Crippen molar-refractivity contribution in [1.29, 1.82) is 0 Å². The summed E-state index contributed by atoms with van der Waals surface area (Å²) in [7, 11) is 0. The Labute approximate surface area is 108 Å². The maximum absolute atomic E-state index is 5.91. The van der Waals surface area contributed by atoms with E-state index in [0.717, 1.165) is 17.3 Å². The lowest BCUT2D eigenvalue weighted by molar-refractivity contribution is 0.348. The van der Waals surface area contributed by atoms with Crippen LogP contribution in [0, 0.1) is 0 Å². The van der Waals surface area contributed by atoms with E-state index in [1.165, 1.54) is 0 Å². The van der Waals surface area contributed by atoms with Crippen LogP contribution >= 0.6 is 15.9 Å². The van der Waals surface area contributed by atoms with E-state index in [4.69, 9.17) is 10.3 Å². The van der Waals surface area contributed by atoms with Crippen molar-refractivity contribution >= 4 is 15.9 Å². The van der Waals surface area contributed by atoms with Crippen LogP contribution < -0.4 is 5.73 Å². The highest BCUT2D eigenvalue weighted by atomic mass is 79.9. The monoisotopic (exact) mass is 296 g/mol. The highest BCUT2D eigenvalue weighted by molar-refractivity contribution is 9.10. The fourth-order valence-electron chi connectivity index (χ4n) is 1.47. The molecule has 6 heteroatoms. The second-order valence-corrected chi connectivity index (χ2v) is 4.54. The van der Waals surface area contributed by atoms with E-state index in [2.05, 4.69) is 38.0 Å². The van der Waals surface area contributed by atoms with E-state index in [0.29, 0.717) is 17.4 Å². The summed E-state index contributed by atoms with van der Waals surface area (Å²) in [4.78, 5) is 8.46. The minimum atomic E-state index is -0.205. The number of halogens is 1. The molecular weight excluding hydrogens is 284 g/mol. The number of hydrogen-bond acceptors (Lipinski definition) is 5. The Balaban J connectivity index is 2.27. The summed E-state index contributed by atoms with van der Waals surface area (Å²) in [6.07, 6.45) is 3.49. The first-order chi connectivity index (χ1) is 8.22. The van der Waals surface area contributed by atoms with Crippen molar-refractivity contribution in [3.63, 3.8) is 0 Å². The lowest BCUT2D eigenvalue weighted by Crippen LogP contribution is -2.09. The quantitative estimate of drug-likeness (QED) is 0.938. The van der Waals surface area contributed by atoms with Gasteiger partial charge in [-0.3, -0.25) is 4.98 Å². The molecule has 17 heavy (non-hydrogen) atoms. The van der Waals surface area contributed by atoms with Crippen molar-refractivity contribution < 1.29 is 4.52 Å². The van der Waals surface area contributed by atoms with Gasteiger partial charge in [0, 0.05) is 10.7 Å². The third-order valence-electron chi connectivity index (χ3n) is 2.33. The Kier molecular flexibility index (Phi) is 3.86. The molecule has 0 aliphatic rings. The van der Waals surface area contributed by atoms with Gasteiger partial charge in [-0.2, -0.15) is 4.98 Å². The van der Waals surface area contributed by atoms with Crippen molar-refractivity contribution in [3.8, 4) is 11.5 Å². The summed E-state index contributed by atoms with van der Waals surface area (Å²) in [5.74, 6) is 0.915. The van der Waals surface area contributed by atoms with Gasteiger partial charge in [-0.1, -0.05) is 18.5 Å². The fourth-order valence-corrected chi connectivity index (χ4v) is 1.90. The third-order valence-corrected chi connectivity index (χ3v) is 2.97. The van der Waals surface area contributed by atoms with Crippen molar-refractivity contribution in [3.05, 3.63) is 28.7 Å². The lowest BCUT2D eigenvalue weighted by Gasteiger charge is -2.02. The molecule has 0 radical (unpaired) electrons. The molecule has 0 amide bonds. The van der Waals surface area contributed by atoms with Gasteiger partial charge in [-0.25, -0.2) is 0 Å². The lowest BCUT2D eigenvalue weighted by atomic mass is 10.2. The summed E-state index contributed by atoms with van der Waals surface area (Å²) in [6.45, 7) is 2.06. The molecule has 0 spiro atoms. The average Bonchev–Trinajstić information content (AvgIpc) is 2.79. The first kappa shape index (κ1) is 12.2. The largest absolute Gasteiger partial charge is 0.337 e. The predicted octanol–water partition coefficient (Wildman–Crippen LogP) is 2.69. The highest BCUT2D eigenvalue weighted by Crippen LogP contribution is 2.24. The van der Waals surface area contributed by atoms with E-state index in [1.807, 2.05) is 12.1 Å². The van der Waals surface area contributed by atoms with Crippen LogP contribution in [-0.2, 0) is 0 Å². The Morgan fingerprint density at radius 2 is 2.35 bits per heavy atom. The summed E-state index contributed by atoms with van der Waals surface area (Å²) >= 11 is 3.39. The molecule has 1 atom stereocenters. The van der Waals surface area contributed by atoms with Crippen molar-refractivity contribution in [2.75, 3.05) is 0 Å². The van der Waals surface area contributed by atoms with Crippen LogP contribution in [-0.4, -0.2) is 15.1 Å². The zero-order valence-electron chi connectivity index (χ0n) is 9.43. The van der Waals surface area contributed by atoms with E-state index in [-0.39, 0.29) is 6.04 Å². The molecule has 2 aromatic rings. The first-order valence-corrected chi connectivity index (χ1v) is 6.21. The van der Waals surface area contributed by atoms with Gasteiger partial charge >= 0.3 is 0 Å². The Morgan fingerprint density at radius 1 is 1.53 bits per heavy atom. The van der Waals surface area contributed by atoms with Crippen molar-refractivity contribution in [1.82, 2.24) is 15.1 Å². The van der Waals surface area contributed by atoms with Gasteiger partial charge in [-0.05, 0) is 34.5 Å². The van der Waals surface area contributed by atoms with Crippen LogP contribution in [0.2, 0.25) is 0 Å². The summed E-state index contributed by atoms with van der Waals surface area (Å²) in [5, 5.41) is 3.89. The van der Waals surface area contributed by atoms with Gasteiger partial charge in [0.25, 0.3) is 0 Å². The Bertz CT molecular complexity index is 500. The molecule has 2 N–H and O–H groups in total. The van der Waals surface area contributed by atoms with Crippen LogP contribution in [0.4, 0.5) is 0 Å². The van der Waals surface area contributed by atoms with Gasteiger partial charge in [0.05, 0.1) is 6.04 Å². The van der Waals surface area contributed by atoms with Gasteiger partial charge in [-0.15, -0.1) is 0 Å². The summed E-state index contributed by atoms with van der Waals surface area (Å²) in [5.41, 5.74) is 6.57. The molecule has 0 bridgehead atoms. The topological polar surface area (TPSA) is 77.8 Å².